The lowest BCUT2D eigenvalue weighted by Gasteiger charge is -2.40. The summed E-state index contributed by atoms with van der Waals surface area (Å²) in [4.78, 5) is 40.3. The predicted molar refractivity (Wildman–Crippen MR) is 128 cm³/mol. The van der Waals surface area contributed by atoms with Gasteiger partial charge in [0.15, 0.2) is 5.69 Å². The van der Waals surface area contributed by atoms with Gasteiger partial charge in [-0.3, -0.25) is 19.1 Å². The molecule has 1 aromatic heterocycles. The zero-order valence-corrected chi connectivity index (χ0v) is 19.9. The van der Waals surface area contributed by atoms with Gasteiger partial charge in [-0.05, 0) is 37.5 Å². The Morgan fingerprint density at radius 2 is 1.74 bits per heavy atom. The third-order valence-electron chi connectivity index (χ3n) is 6.50. The van der Waals surface area contributed by atoms with Gasteiger partial charge in [-0.1, -0.05) is 54.1 Å². The molecule has 3 aromatic rings. The van der Waals surface area contributed by atoms with E-state index in [1.165, 1.54) is 15.6 Å². The van der Waals surface area contributed by atoms with Gasteiger partial charge >= 0.3 is 0 Å². The number of hydrogen-bond donors (Lipinski definition) is 2. The molecule has 0 saturated heterocycles. The van der Waals surface area contributed by atoms with Gasteiger partial charge in [0.1, 0.15) is 11.2 Å². The number of likely N-dealkylation sites (N-methyl/N-ethyl adjacent to an activating group) is 1. The number of amides is 3. The van der Waals surface area contributed by atoms with Crippen molar-refractivity contribution in [1.82, 2.24) is 25.3 Å². The first-order chi connectivity index (χ1) is 16.2. The molecule has 0 bridgehead atoms. The molecule has 0 spiro atoms. The highest BCUT2D eigenvalue weighted by Crippen LogP contribution is 2.26. The summed E-state index contributed by atoms with van der Waals surface area (Å²) in [5.41, 5.74) is 3.49. The van der Waals surface area contributed by atoms with Gasteiger partial charge in [0.05, 0.1) is 6.54 Å². The standard InChI is InChI=1S/C26H29N5O3/c1-17-9-11-19(12-10-17)14-28-25(34)26(3)16-31-22(24(33)30(26)4)13-21(29-31)23(32)27-15-20-8-6-5-7-18(20)2/h5-13H,14-16H2,1-4H3,(H,27,32)(H,28,34)/t26-/m1/s1. The zero-order chi connectivity index (χ0) is 24.5. The van der Waals surface area contributed by atoms with Gasteiger partial charge in [0.2, 0.25) is 5.91 Å². The Balaban J connectivity index is 1.47. The Hall–Kier alpha value is -3.94. The molecular weight excluding hydrogens is 430 g/mol. The van der Waals surface area contributed by atoms with Crippen LogP contribution < -0.4 is 10.6 Å². The Morgan fingerprint density at radius 1 is 1.03 bits per heavy atom. The number of fused-ring (bicyclic) bond motifs is 1. The lowest BCUT2D eigenvalue weighted by atomic mass is 9.95. The summed E-state index contributed by atoms with van der Waals surface area (Å²) in [5, 5.41) is 10.1. The van der Waals surface area contributed by atoms with E-state index in [2.05, 4.69) is 15.7 Å². The number of rotatable bonds is 6. The van der Waals surface area contributed by atoms with Crippen molar-refractivity contribution in [2.75, 3.05) is 7.05 Å². The van der Waals surface area contributed by atoms with Crippen LogP contribution in [0.1, 0.15) is 50.2 Å². The summed E-state index contributed by atoms with van der Waals surface area (Å²) < 4.78 is 1.45. The van der Waals surface area contributed by atoms with Crippen LogP contribution in [0.4, 0.5) is 0 Å². The van der Waals surface area contributed by atoms with E-state index in [0.29, 0.717) is 13.1 Å². The second-order valence-electron chi connectivity index (χ2n) is 8.99. The van der Waals surface area contributed by atoms with Crippen LogP contribution in [-0.4, -0.2) is 45.0 Å². The molecule has 4 rings (SSSR count). The maximum absolute atomic E-state index is 13.1. The number of aromatic nitrogens is 2. The van der Waals surface area contributed by atoms with Crippen molar-refractivity contribution in [3.63, 3.8) is 0 Å². The second kappa shape index (κ2) is 9.13. The van der Waals surface area contributed by atoms with Gasteiger partial charge in [-0.15, -0.1) is 0 Å². The van der Waals surface area contributed by atoms with Crippen molar-refractivity contribution in [3.05, 3.63) is 88.2 Å². The largest absolute Gasteiger partial charge is 0.350 e. The minimum Gasteiger partial charge on any atom is -0.350 e. The number of carbonyl (C=O) groups excluding carboxylic acids is 3. The van der Waals surface area contributed by atoms with Crippen molar-refractivity contribution in [2.45, 2.75) is 45.9 Å². The molecule has 176 valence electrons. The van der Waals surface area contributed by atoms with Crippen LogP contribution >= 0.6 is 0 Å². The lowest BCUT2D eigenvalue weighted by molar-refractivity contribution is -0.132. The van der Waals surface area contributed by atoms with Gasteiger partial charge in [0, 0.05) is 26.2 Å². The Morgan fingerprint density at radius 3 is 2.44 bits per heavy atom. The third kappa shape index (κ3) is 4.44. The first-order valence-electron chi connectivity index (χ1n) is 11.2. The highest BCUT2D eigenvalue weighted by Gasteiger charge is 2.46. The number of nitrogens with zero attached hydrogens (tertiary/aromatic N) is 3. The smallest absolute Gasteiger partial charge is 0.272 e. The quantitative estimate of drug-likeness (QED) is 0.592. The van der Waals surface area contributed by atoms with E-state index >= 15 is 0 Å². The van der Waals surface area contributed by atoms with Gasteiger partial charge in [-0.2, -0.15) is 5.10 Å². The molecule has 8 heteroatoms. The van der Waals surface area contributed by atoms with Crippen LogP contribution in [-0.2, 0) is 24.4 Å². The SMILES string of the molecule is Cc1ccc(CNC(=O)[C@@]2(C)Cn3nc(C(=O)NCc4ccccc4C)cc3C(=O)N2C)cc1. The molecule has 2 N–H and O–H groups in total. The van der Waals surface area contributed by atoms with Crippen molar-refractivity contribution >= 4 is 17.7 Å². The normalized spacial score (nSPS) is 17.3. The minimum atomic E-state index is -1.14. The molecule has 2 heterocycles. The van der Waals surface area contributed by atoms with Crippen molar-refractivity contribution < 1.29 is 14.4 Å². The van der Waals surface area contributed by atoms with E-state index in [4.69, 9.17) is 0 Å². The number of nitrogens with one attached hydrogen (secondary N) is 2. The van der Waals surface area contributed by atoms with Crippen molar-refractivity contribution in [1.29, 1.82) is 0 Å². The fraction of sp³-hybridized carbons (Fsp3) is 0.308. The number of carbonyl (C=O) groups is 3. The molecular formula is C26H29N5O3. The summed E-state index contributed by atoms with van der Waals surface area (Å²) in [6.07, 6.45) is 0. The molecule has 2 aromatic carbocycles. The number of aryl methyl sites for hydroxylation is 2. The Kier molecular flexibility index (Phi) is 6.24. The molecule has 0 fully saturated rings. The van der Waals surface area contributed by atoms with E-state index in [9.17, 15) is 14.4 Å². The van der Waals surface area contributed by atoms with Gasteiger partial charge in [-0.25, -0.2) is 0 Å². The molecule has 0 saturated carbocycles. The van der Waals surface area contributed by atoms with Crippen LogP contribution in [0.5, 0.6) is 0 Å². The molecule has 8 nitrogen and oxygen atoms in total. The van der Waals surface area contributed by atoms with Crippen molar-refractivity contribution in [3.8, 4) is 0 Å². The van der Waals surface area contributed by atoms with Crippen LogP contribution in [0, 0.1) is 13.8 Å². The minimum absolute atomic E-state index is 0.148. The predicted octanol–water partition coefficient (Wildman–Crippen LogP) is 2.59. The summed E-state index contributed by atoms with van der Waals surface area (Å²) in [6, 6.07) is 17.2. The first kappa shape index (κ1) is 23.2. The molecule has 3 amide bonds. The zero-order valence-electron chi connectivity index (χ0n) is 19.9. The first-order valence-corrected chi connectivity index (χ1v) is 11.2. The van der Waals surface area contributed by atoms with E-state index < -0.39 is 5.54 Å². The van der Waals surface area contributed by atoms with Crippen molar-refractivity contribution in [2.24, 2.45) is 0 Å². The highest BCUT2D eigenvalue weighted by atomic mass is 16.2. The van der Waals surface area contributed by atoms with E-state index in [0.717, 1.165) is 22.3 Å². The fourth-order valence-corrected chi connectivity index (χ4v) is 3.99. The molecule has 0 radical (unpaired) electrons. The van der Waals surface area contributed by atoms with Gasteiger partial charge < -0.3 is 15.5 Å². The van der Waals surface area contributed by atoms with Crippen LogP contribution in [0.25, 0.3) is 0 Å². The average molecular weight is 460 g/mol. The van der Waals surface area contributed by atoms with Gasteiger partial charge in [0.25, 0.3) is 11.8 Å². The summed E-state index contributed by atoms with van der Waals surface area (Å²) >= 11 is 0. The molecule has 1 aliphatic heterocycles. The average Bonchev–Trinajstić information content (AvgIpc) is 3.25. The van der Waals surface area contributed by atoms with E-state index in [-0.39, 0.29) is 35.7 Å². The maximum Gasteiger partial charge on any atom is 0.272 e. The monoisotopic (exact) mass is 459 g/mol. The molecule has 0 aliphatic carbocycles. The van der Waals surface area contributed by atoms with E-state index in [1.807, 2.05) is 62.4 Å². The summed E-state index contributed by atoms with van der Waals surface area (Å²) in [5.74, 6) is -1.01. The summed E-state index contributed by atoms with van der Waals surface area (Å²) in [7, 11) is 1.60. The molecule has 34 heavy (non-hydrogen) atoms. The summed E-state index contributed by atoms with van der Waals surface area (Å²) in [6.45, 7) is 6.56. The lowest BCUT2D eigenvalue weighted by Crippen LogP contribution is -2.62. The molecule has 0 unspecified atom stereocenters. The topological polar surface area (TPSA) is 96.3 Å². The van der Waals surface area contributed by atoms with Crippen LogP contribution in [0.15, 0.2) is 54.6 Å². The van der Waals surface area contributed by atoms with Crippen LogP contribution in [0.2, 0.25) is 0 Å². The van der Waals surface area contributed by atoms with Crippen LogP contribution in [0.3, 0.4) is 0 Å². The number of hydrogen-bond acceptors (Lipinski definition) is 4. The number of benzene rings is 2. The Labute approximate surface area is 199 Å². The molecule has 1 atom stereocenters. The second-order valence-corrected chi connectivity index (χ2v) is 8.99. The third-order valence-corrected chi connectivity index (χ3v) is 6.50. The molecule has 1 aliphatic rings. The van der Waals surface area contributed by atoms with E-state index in [1.54, 1.807) is 14.0 Å². The Bertz CT molecular complexity index is 1250. The maximum atomic E-state index is 13.1. The highest BCUT2D eigenvalue weighted by molar-refractivity contribution is 6.01. The fourth-order valence-electron chi connectivity index (χ4n) is 3.99.